The van der Waals surface area contributed by atoms with Crippen molar-refractivity contribution < 1.29 is 4.79 Å². The Morgan fingerprint density at radius 1 is 1.39 bits per heavy atom. The minimum Gasteiger partial charge on any atom is -0.326 e. The van der Waals surface area contributed by atoms with Crippen LogP contribution in [-0.4, -0.2) is 30.2 Å². The van der Waals surface area contributed by atoms with Gasteiger partial charge in [0.05, 0.1) is 0 Å². The Morgan fingerprint density at radius 2 is 2.00 bits per heavy atom. The molecule has 100 valence electrons. The zero-order chi connectivity index (χ0) is 13.8. The van der Waals surface area contributed by atoms with Crippen LogP contribution in [0.3, 0.4) is 0 Å². The van der Waals surface area contributed by atoms with Crippen molar-refractivity contribution in [1.29, 1.82) is 0 Å². The van der Waals surface area contributed by atoms with Crippen LogP contribution in [0.1, 0.15) is 31.1 Å². The van der Waals surface area contributed by atoms with Crippen LogP contribution in [0.25, 0.3) is 0 Å². The zero-order valence-corrected chi connectivity index (χ0v) is 12.3. The molecule has 0 fully saturated rings. The lowest BCUT2D eigenvalue weighted by atomic mass is 9.87. The van der Waals surface area contributed by atoms with Crippen molar-refractivity contribution in [3.8, 4) is 0 Å². The standard InChI is InChI=1S/C14H22N2OS/c1-14(2,3)13(15)9-16(4)18-12-8-6-5-7-11(12)10-17/h5-8,10,13H,9,15H2,1-4H3. The first-order valence-electron chi connectivity index (χ1n) is 6.03. The van der Waals surface area contributed by atoms with Crippen molar-refractivity contribution in [2.24, 2.45) is 11.1 Å². The van der Waals surface area contributed by atoms with Gasteiger partial charge >= 0.3 is 0 Å². The fourth-order valence-corrected chi connectivity index (χ4v) is 2.35. The Morgan fingerprint density at radius 3 is 2.56 bits per heavy atom. The van der Waals surface area contributed by atoms with E-state index in [4.69, 9.17) is 5.73 Å². The van der Waals surface area contributed by atoms with Crippen molar-refractivity contribution in [3.05, 3.63) is 29.8 Å². The number of aldehydes is 1. The van der Waals surface area contributed by atoms with E-state index < -0.39 is 0 Å². The molecule has 2 N–H and O–H groups in total. The van der Waals surface area contributed by atoms with Crippen molar-refractivity contribution in [3.63, 3.8) is 0 Å². The molecule has 3 nitrogen and oxygen atoms in total. The van der Waals surface area contributed by atoms with Crippen LogP contribution < -0.4 is 5.73 Å². The largest absolute Gasteiger partial charge is 0.326 e. The van der Waals surface area contributed by atoms with Gasteiger partial charge in [0.2, 0.25) is 0 Å². The van der Waals surface area contributed by atoms with E-state index in [9.17, 15) is 4.79 Å². The smallest absolute Gasteiger partial charge is 0.151 e. The number of benzene rings is 1. The predicted molar refractivity (Wildman–Crippen MR) is 77.7 cm³/mol. The molecule has 0 heterocycles. The molecule has 18 heavy (non-hydrogen) atoms. The highest BCUT2D eigenvalue weighted by Crippen LogP contribution is 2.26. The van der Waals surface area contributed by atoms with Crippen LogP contribution in [0.2, 0.25) is 0 Å². The van der Waals surface area contributed by atoms with Gasteiger partial charge in [0.15, 0.2) is 6.29 Å². The molecule has 0 radical (unpaired) electrons. The summed E-state index contributed by atoms with van der Waals surface area (Å²) in [6.45, 7) is 7.18. The van der Waals surface area contributed by atoms with E-state index in [1.54, 1.807) is 11.9 Å². The Balaban J connectivity index is 2.65. The number of hydrogen-bond donors (Lipinski definition) is 1. The van der Waals surface area contributed by atoms with Crippen molar-refractivity contribution in [1.82, 2.24) is 4.31 Å². The normalized spacial score (nSPS) is 13.7. The summed E-state index contributed by atoms with van der Waals surface area (Å²) >= 11 is 1.56. The zero-order valence-electron chi connectivity index (χ0n) is 11.5. The summed E-state index contributed by atoms with van der Waals surface area (Å²) in [7, 11) is 2.00. The maximum Gasteiger partial charge on any atom is 0.151 e. The number of nitrogens with two attached hydrogens (primary N) is 1. The average molecular weight is 266 g/mol. The third-order valence-electron chi connectivity index (χ3n) is 2.87. The summed E-state index contributed by atoms with van der Waals surface area (Å²) in [5, 5.41) is 0. The number of carbonyl (C=O) groups excluding carboxylic acids is 1. The lowest BCUT2D eigenvalue weighted by molar-refractivity contribution is 0.112. The summed E-state index contributed by atoms with van der Waals surface area (Å²) in [4.78, 5) is 11.9. The highest BCUT2D eigenvalue weighted by atomic mass is 32.2. The van der Waals surface area contributed by atoms with E-state index in [0.717, 1.165) is 23.3 Å². The predicted octanol–water partition coefficient (Wildman–Crippen LogP) is 2.81. The highest BCUT2D eigenvalue weighted by molar-refractivity contribution is 7.97. The summed E-state index contributed by atoms with van der Waals surface area (Å²) in [6, 6.07) is 7.68. The minimum atomic E-state index is 0.0823. The maximum absolute atomic E-state index is 10.9. The molecule has 1 aromatic carbocycles. The van der Waals surface area contributed by atoms with E-state index >= 15 is 0 Å². The number of nitrogens with zero attached hydrogens (tertiary/aromatic N) is 1. The van der Waals surface area contributed by atoms with Crippen LogP contribution >= 0.6 is 11.9 Å². The van der Waals surface area contributed by atoms with Crippen LogP contribution in [0.15, 0.2) is 29.2 Å². The molecule has 0 aliphatic carbocycles. The van der Waals surface area contributed by atoms with Gasteiger partial charge in [-0.05, 0) is 30.5 Å². The van der Waals surface area contributed by atoms with Gasteiger partial charge < -0.3 is 5.73 Å². The van der Waals surface area contributed by atoms with Crippen LogP contribution in [0, 0.1) is 5.41 Å². The minimum absolute atomic E-state index is 0.0823. The molecule has 0 aromatic heterocycles. The summed E-state index contributed by atoms with van der Waals surface area (Å²) in [5.41, 5.74) is 6.95. The lowest BCUT2D eigenvalue weighted by Crippen LogP contribution is -2.42. The Bertz CT molecular complexity index is 401. The van der Waals surface area contributed by atoms with Gasteiger partial charge in [-0.3, -0.25) is 4.79 Å². The molecule has 1 aromatic rings. The van der Waals surface area contributed by atoms with E-state index in [0.29, 0.717) is 0 Å². The second-order valence-corrected chi connectivity index (χ2v) is 6.78. The SMILES string of the molecule is CN(CC(N)C(C)(C)C)Sc1ccccc1C=O. The third-order valence-corrected chi connectivity index (χ3v) is 3.90. The van der Waals surface area contributed by atoms with Gasteiger partial charge in [-0.25, -0.2) is 4.31 Å². The molecule has 0 aliphatic heterocycles. The fourth-order valence-electron chi connectivity index (χ4n) is 1.42. The second kappa shape index (κ2) is 6.36. The first-order chi connectivity index (χ1) is 8.34. The van der Waals surface area contributed by atoms with Crippen molar-refractivity contribution >= 4 is 18.2 Å². The van der Waals surface area contributed by atoms with Gasteiger partial charge in [0, 0.05) is 23.0 Å². The third kappa shape index (κ3) is 4.44. The Hall–Kier alpha value is -0.840. The first-order valence-corrected chi connectivity index (χ1v) is 6.81. The summed E-state index contributed by atoms with van der Waals surface area (Å²) in [5.74, 6) is 0. The maximum atomic E-state index is 10.9. The molecule has 0 bridgehead atoms. The molecule has 1 atom stereocenters. The topological polar surface area (TPSA) is 46.3 Å². The average Bonchev–Trinajstić information content (AvgIpc) is 2.28. The molecule has 1 unspecified atom stereocenters. The Kier molecular flexibility index (Phi) is 5.38. The quantitative estimate of drug-likeness (QED) is 0.657. The van der Waals surface area contributed by atoms with E-state index in [-0.39, 0.29) is 11.5 Å². The van der Waals surface area contributed by atoms with E-state index in [1.807, 2.05) is 31.3 Å². The van der Waals surface area contributed by atoms with Crippen LogP contribution in [-0.2, 0) is 0 Å². The first kappa shape index (κ1) is 15.2. The molecule has 4 heteroatoms. The molecule has 0 spiro atoms. The van der Waals surface area contributed by atoms with Crippen molar-refractivity contribution in [2.45, 2.75) is 31.7 Å². The fraction of sp³-hybridized carbons (Fsp3) is 0.500. The molecule has 0 amide bonds. The van der Waals surface area contributed by atoms with Gasteiger partial charge in [0.25, 0.3) is 0 Å². The molecule has 0 saturated carbocycles. The number of hydrogen-bond acceptors (Lipinski definition) is 4. The molecule has 0 saturated heterocycles. The van der Waals surface area contributed by atoms with E-state index in [1.165, 1.54) is 0 Å². The van der Waals surface area contributed by atoms with Gasteiger partial charge in [-0.1, -0.05) is 39.0 Å². The van der Waals surface area contributed by atoms with Crippen LogP contribution in [0.5, 0.6) is 0 Å². The highest BCUT2D eigenvalue weighted by Gasteiger charge is 2.22. The Labute approximate surface area is 114 Å². The van der Waals surface area contributed by atoms with Crippen LogP contribution in [0.4, 0.5) is 0 Å². The van der Waals surface area contributed by atoms with Gasteiger partial charge in [-0.15, -0.1) is 0 Å². The molecule has 0 aliphatic rings. The molecule has 1 rings (SSSR count). The molecular formula is C14H22N2OS. The van der Waals surface area contributed by atoms with E-state index in [2.05, 4.69) is 25.1 Å². The summed E-state index contributed by atoms with van der Waals surface area (Å²) < 4.78 is 2.08. The lowest BCUT2D eigenvalue weighted by Gasteiger charge is -2.30. The van der Waals surface area contributed by atoms with Crippen molar-refractivity contribution in [2.75, 3.05) is 13.6 Å². The van der Waals surface area contributed by atoms with Gasteiger partial charge in [-0.2, -0.15) is 0 Å². The number of rotatable bonds is 5. The number of carbonyl (C=O) groups is 1. The monoisotopic (exact) mass is 266 g/mol. The van der Waals surface area contributed by atoms with Gasteiger partial charge in [0.1, 0.15) is 0 Å². The molecular weight excluding hydrogens is 244 g/mol. The summed E-state index contributed by atoms with van der Waals surface area (Å²) in [6.07, 6.45) is 0.889. The second-order valence-electron chi connectivity index (χ2n) is 5.53. The number of likely N-dealkylation sites (N-methyl/N-ethyl adjacent to an activating group) is 1.